The van der Waals surface area contributed by atoms with Crippen molar-refractivity contribution in [2.75, 3.05) is 13.1 Å². The first-order valence-corrected chi connectivity index (χ1v) is 4.56. The molecule has 0 amide bonds. The Bertz CT molecular complexity index is 339. The van der Waals surface area contributed by atoms with Gasteiger partial charge in [0, 0.05) is 13.1 Å². The van der Waals surface area contributed by atoms with Crippen LogP contribution >= 0.6 is 0 Å². The topological polar surface area (TPSA) is 23.5 Å². The number of aliphatic hydroxyl groups excluding tert-OH is 1. The molecule has 0 aromatic heterocycles. The highest BCUT2D eigenvalue weighted by molar-refractivity contribution is 5.35. The summed E-state index contributed by atoms with van der Waals surface area (Å²) in [6, 6.07) is 0. The van der Waals surface area contributed by atoms with E-state index in [4.69, 9.17) is 0 Å². The number of allylic oxidation sites excluding steroid dienone is 1. The van der Waals surface area contributed by atoms with Crippen molar-refractivity contribution in [2.24, 2.45) is 0 Å². The highest BCUT2D eigenvalue weighted by Gasteiger charge is 2.22. The van der Waals surface area contributed by atoms with Crippen molar-refractivity contribution >= 4 is 0 Å². The lowest BCUT2D eigenvalue weighted by Gasteiger charge is -2.18. The highest BCUT2D eigenvalue weighted by atomic mass is 16.3. The summed E-state index contributed by atoms with van der Waals surface area (Å²) in [5.74, 6) is 0. The first kappa shape index (κ1) is 8.55. The molecule has 0 spiro atoms. The molecule has 2 rings (SSSR count). The van der Waals surface area contributed by atoms with Gasteiger partial charge < -0.3 is 5.11 Å². The summed E-state index contributed by atoms with van der Waals surface area (Å²) in [4.78, 5) is 2.04. The van der Waals surface area contributed by atoms with Gasteiger partial charge in [-0.3, -0.25) is 4.90 Å². The molecule has 0 radical (unpaired) electrons. The zero-order valence-electron chi connectivity index (χ0n) is 7.75. The molecule has 13 heavy (non-hydrogen) atoms. The third kappa shape index (κ3) is 1.67. The van der Waals surface area contributed by atoms with Crippen LogP contribution in [0.5, 0.6) is 0 Å². The van der Waals surface area contributed by atoms with Crippen molar-refractivity contribution in [1.29, 1.82) is 0 Å². The molecule has 1 unspecified atom stereocenters. The van der Waals surface area contributed by atoms with E-state index in [0.29, 0.717) is 0 Å². The van der Waals surface area contributed by atoms with E-state index in [0.717, 1.165) is 19.5 Å². The summed E-state index contributed by atoms with van der Waals surface area (Å²) in [5, 5.41) is 9.41. The Hall–Kier alpha value is -1.04. The molecule has 1 aliphatic heterocycles. The van der Waals surface area contributed by atoms with Crippen molar-refractivity contribution < 1.29 is 5.11 Å². The molecule has 0 bridgehead atoms. The normalized spacial score (nSPS) is 23.5. The Morgan fingerprint density at radius 1 is 1.46 bits per heavy atom. The zero-order chi connectivity index (χ0) is 9.26. The molecule has 1 aliphatic carbocycles. The third-order valence-corrected chi connectivity index (χ3v) is 2.53. The minimum Gasteiger partial charge on any atom is -0.379 e. The molecule has 1 atom stereocenters. The average molecular weight is 175 g/mol. The SMILES string of the molecule is CC(O)N1CC2=C(CC=C=C=C2)C1. The largest absolute Gasteiger partial charge is 0.379 e. The minimum atomic E-state index is -0.353. The van der Waals surface area contributed by atoms with Crippen LogP contribution in [0, 0.1) is 0 Å². The summed E-state index contributed by atoms with van der Waals surface area (Å²) in [6.07, 6.45) is 4.56. The second-order valence-corrected chi connectivity index (χ2v) is 3.51. The quantitative estimate of drug-likeness (QED) is 0.605. The van der Waals surface area contributed by atoms with Gasteiger partial charge in [-0.15, -0.1) is 0 Å². The van der Waals surface area contributed by atoms with Crippen molar-refractivity contribution in [3.05, 3.63) is 34.8 Å². The summed E-state index contributed by atoms with van der Waals surface area (Å²) in [5.41, 5.74) is 8.63. The maximum atomic E-state index is 9.41. The van der Waals surface area contributed by atoms with E-state index in [1.54, 1.807) is 0 Å². The number of hydrogen-bond donors (Lipinski definition) is 1. The van der Waals surface area contributed by atoms with Gasteiger partial charge in [0.05, 0.1) is 0 Å². The smallest absolute Gasteiger partial charge is 0.105 e. The van der Waals surface area contributed by atoms with Crippen LogP contribution in [0.1, 0.15) is 13.3 Å². The molecular formula is C11H13NO. The fraction of sp³-hybridized carbons (Fsp3) is 0.455. The van der Waals surface area contributed by atoms with Gasteiger partial charge in [0.25, 0.3) is 0 Å². The van der Waals surface area contributed by atoms with Gasteiger partial charge in [-0.2, -0.15) is 0 Å². The lowest BCUT2D eigenvalue weighted by Crippen LogP contribution is -2.31. The first-order chi connectivity index (χ1) is 6.27. The lowest BCUT2D eigenvalue weighted by atomic mass is 10.1. The molecular weight excluding hydrogens is 162 g/mol. The van der Waals surface area contributed by atoms with Gasteiger partial charge in [-0.05, 0) is 36.6 Å². The molecule has 2 aliphatic rings. The fourth-order valence-electron chi connectivity index (χ4n) is 1.70. The van der Waals surface area contributed by atoms with Crippen LogP contribution in [0.25, 0.3) is 0 Å². The molecule has 0 fully saturated rings. The van der Waals surface area contributed by atoms with Crippen molar-refractivity contribution in [3.63, 3.8) is 0 Å². The summed E-state index contributed by atoms with van der Waals surface area (Å²) >= 11 is 0. The second-order valence-electron chi connectivity index (χ2n) is 3.51. The molecule has 68 valence electrons. The van der Waals surface area contributed by atoms with E-state index in [1.807, 2.05) is 24.0 Å². The van der Waals surface area contributed by atoms with Crippen LogP contribution in [0.15, 0.2) is 34.8 Å². The molecule has 2 nitrogen and oxygen atoms in total. The van der Waals surface area contributed by atoms with E-state index in [2.05, 4.69) is 11.5 Å². The minimum absolute atomic E-state index is 0.353. The van der Waals surface area contributed by atoms with E-state index < -0.39 is 0 Å². The summed E-state index contributed by atoms with van der Waals surface area (Å²) < 4.78 is 0. The maximum absolute atomic E-state index is 9.41. The van der Waals surface area contributed by atoms with E-state index in [9.17, 15) is 5.11 Å². The van der Waals surface area contributed by atoms with Crippen molar-refractivity contribution in [3.8, 4) is 0 Å². The van der Waals surface area contributed by atoms with Crippen molar-refractivity contribution in [1.82, 2.24) is 4.90 Å². The van der Waals surface area contributed by atoms with Crippen molar-refractivity contribution in [2.45, 2.75) is 19.6 Å². The molecule has 0 aromatic carbocycles. The number of hydrogen-bond acceptors (Lipinski definition) is 2. The molecule has 2 heteroatoms. The predicted molar refractivity (Wildman–Crippen MR) is 51.1 cm³/mol. The molecule has 0 saturated carbocycles. The van der Waals surface area contributed by atoms with Crippen LogP contribution in [0.4, 0.5) is 0 Å². The van der Waals surface area contributed by atoms with Gasteiger partial charge in [0.2, 0.25) is 0 Å². The summed E-state index contributed by atoms with van der Waals surface area (Å²) in [6.45, 7) is 3.53. The Kier molecular flexibility index (Phi) is 2.22. The average Bonchev–Trinajstić information content (AvgIpc) is 2.38. The maximum Gasteiger partial charge on any atom is 0.105 e. The number of rotatable bonds is 1. The van der Waals surface area contributed by atoms with Crippen LogP contribution in [-0.4, -0.2) is 29.3 Å². The fourth-order valence-corrected chi connectivity index (χ4v) is 1.70. The van der Waals surface area contributed by atoms with Gasteiger partial charge in [-0.1, -0.05) is 11.5 Å². The van der Waals surface area contributed by atoms with E-state index in [1.165, 1.54) is 11.1 Å². The predicted octanol–water partition coefficient (Wildman–Crippen LogP) is 1.21. The van der Waals surface area contributed by atoms with Crippen LogP contribution < -0.4 is 0 Å². The van der Waals surface area contributed by atoms with Gasteiger partial charge >= 0.3 is 0 Å². The zero-order valence-corrected chi connectivity index (χ0v) is 7.75. The third-order valence-electron chi connectivity index (χ3n) is 2.53. The number of aliphatic hydroxyl groups is 1. The Balaban J connectivity index is 2.16. The van der Waals surface area contributed by atoms with Gasteiger partial charge in [-0.25, -0.2) is 0 Å². The Morgan fingerprint density at radius 2 is 2.31 bits per heavy atom. The molecule has 0 saturated heterocycles. The lowest BCUT2D eigenvalue weighted by molar-refractivity contribution is 0.0389. The monoisotopic (exact) mass is 175 g/mol. The summed E-state index contributed by atoms with van der Waals surface area (Å²) in [7, 11) is 0. The molecule has 0 aromatic rings. The highest BCUT2D eigenvalue weighted by Crippen LogP contribution is 2.23. The van der Waals surface area contributed by atoms with Crippen LogP contribution in [-0.2, 0) is 0 Å². The molecule has 1 heterocycles. The standard InChI is InChI=1S/C11H13NO/c1-9(13)12-7-10-5-3-2-4-6-11(10)8-12/h3,6,9,13H,5,7-8H2,1H3. The van der Waals surface area contributed by atoms with Gasteiger partial charge in [0.15, 0.2) is 0 Å². The molecule has 1 N–H and O–H groups in total. The first-order valence-electron chi connectivity index (χ1n) is 4.56. The second kappa shape index (κ2) is 3.37. The van der Waals surface area contributed by atoms with E-state index in [-0.39, 0.29) is 6.23 Å². The Labute approximate surface area is 78.2 Å². The Morgan fingerprint density at radius 3 is 3.08 bits per heavy atom. The number of nitrogens with zero attached hydrogens (tertiary/aromatic N) is 1. The van der Waals surface area contributed by atoms with Crippen LogP contribution in [0.2, 0.25) is 0 Å². The van der Waals surface area contributed by atoms with Crippen LogP contribution in [0.3, 0.4) is 0 Å². The van der Waals surface area contributed by atoms with Gasteiger partial charge in [0.1, 0.15) is 6.23 Å². The van der Waals surface area contributed by atoms with E-state index >= 15 is 0 Å².